The highest BCUT2D eigenvalue weighted by molar-refractivity contribution is 6.30. The van der Waals surface area contributed by atoms with Gasteiger partial charge >= 0.3 is 0 Å². The Balaban J connectivity index is 1.61. The van der Waals surface area contributed by atoms with Gasteiger partial charge in [0.15, 0.2) is 0 Å². The SMILES string of the molecule is CC(C(=O)NCc1cc(C(C)(C)C)nn1-c1cccc(Cl)c1)c1cccc2ccc(O)cc12. The molecule has 1 heterocycles. The summed E-state index contributed by atoms with van der Waals surface area (Å²) < 4.78 is 1.84. The van der Waals surface area contributed by atoms with Crippen molar-refractivity contribution < 1.29 is 9.90 Å². The number of carbonyl (C=O) groups is 1. The molecule has 2 N–H and O–H groups in total. The van der Waals surface area contributed by atoms with Crippen LogP contribution in [-0.4, -0.2) is 20.8 Å². The monoisotopic (exact) mass is 461 g/mol. The van der Waals surface area contributed by atoms with Gasteiger partial charge in [-0.1, -0.05) is 62.7 Å². The van der Waals surface area contributed by atoms with Crippen LogP contribution in [0.15, 0.2) is 66.7 Å². The summed E-state index contributed by atoms with van der Waals surface area (Å²) in [5.41, 5.74) is 3.39. The molecule has 5 nitrogen and oxygen atoms in total. The minimum Gasteiger partial charge on any atom is -0.508 e. The molecule has 6 heteroatoms. The van der Waals surface area contributed by atoms with E-state index in [2.05, 4.69) is 26.1 Å². The van der Waals surface area contributed by atoms with E-state index in [1.807, 2.05) is 66.2 Å². The zero-order valence-corrected chi connectivity index (χ0v) is 20.0. The first-order valence-electron chi connectivity index (χ1n) is 11.0. The fraction of sp³-hybridized carbons (Fsp3) is 0.259. The van der Waals surface area contributed by atoms with Gasteiger partial charge in [0, 0.05) is 10.4 Å². The fourth-order valence-corrected chi connectivity index (χ4v) is 4.06. The van der Waals surface area contributed by atoms with Crippen molar-refractivity contribution in [1.82, 2.24) is 15.1 Å². The summed E-state index contributed by atoms with van der Waals surface area (Å²) in [5, 5.41) is 20.3. The molecule has 0 fully saturated rings. The van der Waals surface area contributed by atoms with E-state index in [1.165, 1.54) is 0 Å². The Hall–Kier alpha value is -3.31. The number of aromatic nitrogens is 2. The van der Waals surface area contributed by atoms with Crippen molar-refractivity contribution in [3.8, 4) is 11.4 Å². The topological polar surface area (TPSA) is 67.2 Å². The third-order valence-corrected chi connectivity index (χ3v) is 6.04. The van der Waals surface area contributed by atoms with Gasteiger partial charge in [-0.2, -0.15) is 5.10 Å². The van der Waals surface area contributed by atoms with Crippen molar-refractivity contribution in [2.75, 3.05) is 0 Å². The molecule has 0 aliphatic rings. The van der Waals surface area contributed by atoms with Crippen molar-refractivity contribution in [2.24, 2.45) is 0 Å². The predicted octanol–water partition coefficient (Wildman–Crippen LogP) is 6.10. The predicted molar refractivity (Wildman–Crippen MR) is 133 cm³/mol. The summed E-state index contributed by atoms with van der Waals surface area (Å²) in [6.45, 7) is 8.53. The van der Waals surface area contributed by atoms with Gasteiger partial charge in [-0.25, -0.2) is 4.68 Å². The van der Waals surface area contributed by atoms with E-state index < -0.39 is 0 Å². The largest absolute Gasteiger partial charge is 0.508 e. The number of amides is 1. The van der Waals surface area contributed by atoms with E-state index in [4.69, 9.17) is 16.7 Å². The normalized spacial score (nSPS) is 12.6. The van der Waals surface area contributed by atoms with Crippen LogP contribution in [0.2, 0.25) is 5.02 Å². The summed E-state index contributed by atoms with van der Waals surface area (Å²) in [7, 11) is 0. The van der Waals surface area contributed by atoms with Crippen molar-refractivity contribution >= 4 is 28.3 Å². The van der Waals surface area contributed by atoms with Crippen molar-refractivity contribution in [3.05, 3.63) is 88.7 Å². The first kappa shape index (κ1) is 22.9. The molecular formula is C27H28ClN3O2. The molecule has 0 spiro atoms. The van der Waals surface area contributed by atoms with E-state index >= 15 is 0 Å². The number of halogens is 1. The molecule has 4 aromatic rings. The average Bonchev–Trinajstić information content (AvgIpc) is 3.21. The van der Waals surface area contributed by atoms with Crippen LogP contribution >= 0.6 is 11.6 Å². The first-order valence-corrected chi connectivity index (χ1v) is 11.4. The number of benzene rings is 3. The number of nitrogens with one attached hydrogen (secondary N) is 1. The lowest BCUT2D eigenvalue weighted by molar-refractivity contribution is -0.122. The lowest BCUT2D eigenvalue weighted by atomic mass is 9.92. The minimum absolute atomic E-state index is 0.0954. The van der Waals surface area contributed by atoms with Crippen molar-refractivity contribution in [2.45, 2.75) is 45.6 Å². The standard InChI is InChI=1S/C27H28ClN3O2/c1-17(23-10-5-7-18-11-12-22(32)15-24(18)23)26(33)29-16-21-14-25(27(2,3)4)30-31(21)20-9-6-8-19(28)13-20/h5-15,17,32H,16H2,1-4H3,(H,29,33). The number of hydrogen-bond acceptors (Lipinski definition) is 3. The van der Waals surface area contributed by atoms with Crippen LogP contribution in [0.3, 0.4) is 0 Å². The Kier molecular flexibility index (Phi) is 6.17. The molecule has 0 saturated heterocycles. The number of carbonyl (C=O) groups excluding carboxylic acids is 1. The fourth-order valence-electron chi connectivity index (χ4n) is 3.88. The molecule has 1 amide bonds. The molecule has 4 rings (SSSR count). The molecule has 1 unspecified atom stereocenters. The lowest BCUT2D eigenvalue weighted by Crippen LogP contribution is -2.28. The van der Waals surface area contributed by atoms with E-state index in [-0.39, 0.29) is 23.0 Å². The zero-order chi connectivity index (χ0) is 23.8. The molecule has 0 bridgehead atoms. The summed E-state index contributed by atoms with van der Waals surface area (Å²) in [6.07, 6.45) is 0. The Morgan fingerprint density at radius 1 is 1.09 bits per heavy atom. The van der Waals surface area contributed by atoms with Gasteiger partial charge in [0.05, 0.1) is 29.5 Å². The van der Waals surface area contributed by atoms with Gasteiger partial charge < -0.3 is 10.4 Å². The second-order valence-electron chi connectivity index (χ2n) is 9.35. The van der Waals surface area contributed by atoms with Crippen LogP contribution in [0.25, 0.3) is 16.5 Å². The molecule has 0 saturated carbocycles. The summed E-state index contributed by atoms with van der Waals surface area (Å²) in [4.78, 5) is 13.1. The maximum atomic E-state index is 13.1. The lowest BCUT2D eigenvalue weighted by Gasteiger charge is -2.16. The van der Waals surface area contributed by atoms with Crippen molar-refractivity contribution in [3.63, 3.8) is 0 Å². The third kappa shape index (κ3) is 4.88. The van der Waals surface area contributed by atoms with Gasteiger partial charge in [-0.15, -0.1) is 0 Å². The first-order chi connectivity index (χ1) is 15.6. The molecule has 170 valence electrons. The van der Waals surface area contributed by atoms with Gasteiger partial charge in [-0.3, -0.25) is 4.79 Å². The van der Waals surface area contributed by atoms with Crippen LogP contribution in [0.1, 0.15) is 50.6 Å². The summed E-state index contributed by atoms with van der Waals surface area (Å²) >= 11 is 6.21. The molecule has 3 aromatic carbocycles. The van der Waals surface area contributed by atoms with Crippen LogP contribution in [0, 0.1) is 0 Å². The Morgan fingerprint density at radius 2 is 1.85 bits per heavy atom. The highest BCUT2D eigenvalue weighted by Gasteiger charge is 2.22. The van der Waals surface area contributed by atoms with Crippen LogP contribution in [0.4, 0.5) is 0 Å². The number of phenolic OH excluding ortho intramolecular Hbond substituents is 1. The molecule has 1 aromatic heterocycles. The van der Waals surface area contributed by atoms with E-state index in [9.17, 15) is 9.90 Å². The molecule has 0 aliphatic heterocycles. The Morgan fingerprint density at radius 3 is 2.58 bits per heavy atom. The summed E-state index contributed by atoms with van der Waals surface area (Å²) in [5.74, 6) is -0.301. The average molecular weight is 462 g/mol. The smallest absolute Gasteiger partial charge is 0.227 e. The second-order valence-corrected chi connectivity index (χ2v) is 9.79. The molecule has 33 heavy (non-hydrogen) atoms. The van der Waals surface area contributed by atoms with E-state index in [0.717, 1.165) is 33.4 Å². The Labute approximate surface area is 199 Å². The molecule has 0 aliphatic carbocycles. The van der Waals surface area contributed by atoms with Gasteiger partial charge in [0.25, 0.3) is 0 Å². The second kappa shape index (κ2) is 8.91. The van der Waals surface area contributed by atoms with Crippen LogP contribution in [-0.2, 0) is 16.8 Å². The zero-order valence-electron chi connectivity index (χ0n) is 19.3. The minimum atomic E-state index is -0.389. The molecule has 1 atom stereocenters. The highest BCUT2D eigenvalue weighted by atomic mass is 35.5. The van der Waals surface area contributed by atoms with Gasteiger partial charge in [0.1, 0.15) is 5.75 Å². The number of phenols is 1. The van der Waals surface area contributed by atoms with E-state index in [1.54, 1.807) is 12.1 Å². The summed E-state index contributed by atoms with van der Waals surface area (Å²) in [6, 6.07) is 20.6. The van der Waals surface area contributed by atoms with E-state index in [0.29, 0.717) is 11.6 Å². The maximum absolute atomic E-state index is 13.1. The maximum Gasteiger partial charge on any atom is 0.227 e. The molecular weight excluding hydrogens is 434 g/mol. The number of fused-ring (bicyclic) bond motifs is 1. The van der Waals surface area contributed by atoms with Crippen LogP contribution < -0.4 is 5.32 Å². The number of rotatable bonds is 5. The highest BCUT2D eigenvalue weighted by Crippen LogP contribution is 2.29. The quantitative estimate of drug-likeness (QED) is 0.377. The third-order valence-electron chi connectivity index (χ3n) is 5.81. The number of hydrogen-bond donors (Lipinski definition) is 2. The number of aromatic hydroxyl groups is 1. The van der Waals surface area contributed by atoms with Crippen LogP contribution in [0.5, 0.6) is 5.75 Å². The molecule has 0 radical (unpaired) electrons. The number of nitrogens with zero attached hydrogens (tertiary/aromatic N) is 2. The van der Waals surface area contributed by atoms with Crippen molar-refractivity contribution in [1.29, 1.82) is 0 Å². The Bertz CT molecular complexity index is 1320. The van der Waals surface area contributed by atoms with Gasteiger partial charge in [-0.05, 0) is 59.7 Å². The van der Waals surface area contributed by atoms with Gasteiger partial charge in [0.2, 0.25) is 5.91 Å².